The molecule has 4 heteroatoms. The normalized spacial score (nSPS) is 12.6. The Morgan fingerprint density at radius 2 is 1.50 bits per heavy atom. The molecule has 116 valence electrons. The summed E-state index contributed by atoms with van der Waals surface area (Å²) in [6.45, 7) is 0. The van der Waals surface area contributed by atoms with Gasteiger partial charge in [-0.15, -0.1) is 0 Å². The fraction of sp³-hybridized carbons (Fsp3) is 0. The summed E-state index contributed by atoms with van der Waals surface area (Å²) in [4.78, 5) is 18.2. The largest absolute Gasteiger partial charge is 0.478 e. The molecule has 0 radical (unpaired) electrons. The van der Waals surface area contributed by atoms with Gasteiger partial charge in [0.15, 0.2) is 0 Å². The first-order chi connectivity index (χ1) is 11.7. The van der Waals surface area contributed by atoms with Gasteiger partial charge < -0.3 is 5.11 Å². The Kier molecular flexibility index (Phi) is 3.67. The van der Waals surface area contributed by atoms with Gasteiger partial charge in [-0.1, -0.05) is 54.2 Å². The molecular weight excluding hydrogens is 318 g/mol. The third-order valence-electron chi connectivity index (χ3n) is 3.86. The maximum absolute atomic E-state index is 11.1. The summed E-state index contributed by atoms with van der Waals surface area (Å²) in [5.41, 5.74) is 4.03. The van der Waals surface area contributed by atoms with Crippen LogP contribution in [0.1, 0.15) is 21.5 Å². The Bertz CT molecular complexity index is 961. The lowest BCUT2D eigenvalue weighted by atomic mass is 10.0. The fourth-order valence-corrected chi connectivity index (χ4v) is 3.70. The second kappa shape index (κ2) is 5.98. The van der Waals surface area contributed by atoms with E-state index < -0.39 is 5.97 Å². The number of fused-ring (bicyclic) bond motifs is 2. The number of benzene rings is 3. The molecule has 0 bridgehead atoms. The highest BCUT2D eigenvalue weighted by Crippen LogP contribution is 2.40. The highest BCUT2D eigenvalue weighted by molar-refractivity contribution is 7.99. The van der Waals surface area contributed by atoms with Crippen molar-refractivity contribution in [3.63, 3.8) is 0 Å². The number of carboxylic acid groups (broad SMARTS) is 1. The summed E-state index contributed by atoms with van der Waals surface area (Å²) in [5, 5.41) is 9.09. The number of para-hydroxylation sites is 1. The molecule has 24 heavy (non-hydrogen) atoms. The van der Waals surface area contributed by atoms with Gasteiger partial charge in [0.2, 0.25) is 0 Å². The summed E-state index contributed by atoms with van der Waals surface area (Å²) in [5.74, 6) is -0.925. The molecule has 0 amide bonds. The second-order valence-corrected chi connectivity index (χ2v) is 6.49. The Morgan fingerprint density at radius 1 is 0.833 bits per heavy atom. The molecule has 1 aliphatic rings. The lowest BCUT2D eigenvalue weighted by molar-refractivity contribution is 0.0697. The molecule has 1 aliphatic heterocycles. The third kappa shape index (κ3) is 2.61. The van der Waals surface area contributed by atoms with Crippen LogP contribution in [0.4, 0.5) is 5.69 Å². The molecule has 0 atom stereocenters. The lowest BCUT2D eigenvalue weighted by Gasteiger charge is -2.09. The number of aromatic carboxylic acids is 1. The zero-order valence-electron chi connectivity index (χ0n) is 12.6. The SMILES string of the molecule is O=C(O)c1ccc(C2=Nc3ccccc3Sc3ccccc32)cc1. The van der Waals surface area contributed by atoms with Crippen LogP contribution in [0, 0.1) is 0 Å². The Hall–Kier alpha value is -2.85. The van der Waals surface area contributed by atoms with Crippen molar-refractivity contribution in [2.24, 2.45) is 4.99 Å². The van der Waals surface area contributed by atoms with Gasteiger partial charge in [0.05, 0.1) is 17.0 Å². The first-order valence-electron chi connectivity index (χ1n) is 7.51. The van der Waals surface area contributed by atoms with E-state index in [0.29, 0.717) is 0 Å². The van der Waals surface area contributed by atoms with Gasteiger partial charge in [0.1, 0.15) is 0 Å². The smallest absolute Gasteiger partial charge is 0.335 e. The van der Waals surface area contributed by atoms with Crippen molar-refractivity contribution < 1.29 is 9.90 Å². The van der Waals surface area contributed by atoms with E-state index in [9.17, 15) is 4.79 Å². The van der Waals surface area contributed by atoms with Crippen molar-refractivity contribution in [3.8, 4) is 0 Å². The topological polar surface area (TPSA) is 49.7 Å². The number of nitrogens with zero attached hydrogens (tertiary/aromatic N) is 1. The van der Waals surface area contributed by atoms with E-state index >= 15 is 0 Å². The van der Waals surface area contributed by atoms with Crippen molar-refractivity contribution in [1.29, 1.82) is 0 Å². The zero-order valence-corrected chi connectivity index (χ0v) is 13.5. The van der Waals surface area contributed by atoms with Gasteiger partial charge >= 0.3 is 5.97 Å². The van der Waals surface area contributed by atoms with Crippen LogP contribution in [0.3, 0.4) is 0 Å². The molecule has 0 fully saturated rings. The lowest BCUT2D eigenvalue weighted by Crippen LogP contribution is -2.05. The summed E-state index contributed by atoms with van der Waals surface area (Å²) in [6, 6.07) is 23.1. The molecule has 0 aromatic heterocycles. The molecule has 1 N–H and O–H groups in total. The maximum Gasteiger partial charge on any atom is 0.335 e. The first kappa shape index (κ1) is 14.7. The minimum absolute atomic E-state index is 0.274. The molecular formula is C20H13NO2S. The van der Waals surface area contributed by atoms with E-state index in [1.165, 1.54) is 0 Å². The minimum Gasteiger partial charge on any atom is -0.478 e. The van der Waals surface area contributed by atoms with E-state index in [0.717, 1.165) is 32.3 Å². The van der Waals surface area contributed by atoms with Crippen LogP contribution >= 0.6 is 11.8 Å². The molecule has 0 saturated carbocycles. The second-order valence-electron chi connectivity index (χ2n) is 5.41. The van der Waals surface area contributed by atoms with Gasteiger partial charge in [-0.2, -0.15) is 0 Å². The maximum atomic E-state index is 11.1. The van der Waals surface area contributed by atoms with E-state index in [1.54, 1.807) is 23.9 Å². The van der Waals surface area contributed by atoms with Crippen molar-refractivity contribution in [2.75, 3.05) is 0 Å². The van der Waals surface area contributed by atoms with Gasteiger partial charge in [0, 0.05) is 20.9 Å². The average molecular weight is 331 g/mol. The van der Waals surface area contributed by atoms with Crippen molar-refractivity contribution in [3.05, 3.63) is 89.5 Å². The standard InChI is InChI=1S/C20H13NO2S/c22-20(23)14-11-9-13(10-12-14)19-15-5-1-3-7-17(15)24-18-8-4-2-6-16(18)21-19/h1-12H,(H,22,23). The highest BCUT2D eigenvalue weighted by Gasteiger charge is 2.18. The number of carboxylic acids is 1. The molecule has 1 heterocycles. The molecule has 0 unspecified atom stereocenters. The number of carbonyl (C=O) groups is 1. The number of hydrogen-bond acceptors (Lipinski definition) is 3. The molecule has 4 rings (SSSR count). The fourth-order valence-electron chi connectivity index (χ4n) is 2.68. The quantitative estimate of drug-likeness (QED) is 0.561. The molecule has 3 aromatic carbocycles. The monoisotopic (exact) mass is 331 g/mol. The summed E-state index contributed by atoms with van der Waals surface area (Å²) < 4.78 is 0. The van der Waals surface area contributed by atoms with E-state index in [2.05, 4.69) is 18.2 Å². The highest BCUT2D eigenvalue weighted by atomic mass is 32.2. The summed E-state index contributed by atoms with van der Waals surface area (Å²) in [6.07, 6.45) is 0. The van der Waals surface area contributed by atoms with Crippen LogP contribution in [-0.2, 0) is 0 Å². The van der Waals surface area contributed by atoms with Gasteiger partial charge in [0.25, 0.3) is 0 Å². The van der Waals surface area contributed by atoms with Crippen molar-refractivity contribution in [2.45, 2.75) is 9.79 Å². The predicted octanol–water partition coefficient (Wildman–Crippen LogP) is 5.02. The van der Waals surface area contributed by atoms with E-state index in [1.807, 2.05) is 42.5 Å². The van der Waals surface area contributed by atoms with E-state index in [4.69, 9.17) is 10.1 Å². The number of rotatable bonds is 2. The van der Waals surface area contributed by atoms with Crippen molar-refractivity contribution in [1.82, 2.24) is 0 Å². The van der Waals surface area contributed by atoms with Crippen LogP contribution in [0.5, 0.6) is 0 Å². The number of hydrogen-bond donors (Lipinski definition) is 1. The molecule has 0 spiro atoms. The summed E-state index contributed by atoms with van der Waals surface area (Å²) in [7, 11) is 0. The molecule has 0 saturated heterocycles. The molecule has 0 aliphatic carbocycles. The van der Waals surface area contributed by atoms with Crippen LogP contribution in [-0.4, -0.2) is 16.8 Å². The van der Waals surface area contributed by atoms with Crippen LogP contribution in [0.2, 0.25) is 0 Å². The van der Waals surface area contributed by atoms with E-state index in [-0.39, 0.29) is 5.56 Å². The zero-order chi connectivity index (χ0) is 16.5. The van der Waals surface area contributed by atoms with Gasteiger partial charge in [-0.3, -0.25) is 0 Å². The Balaban J connectivity index is 1.91. The minimum atomic E-state index is -0.925. The first-order valence-corrected chi connectivity index (χ1v) is 8.33. The van der Waals surface area contributed by atoms with Crippen molar-refractivity contribution >= 4 is 29.1 Å². The van der Waals surface area contributed by atoms with Crippen LogP contribution < -0.4 is 0 Å². The molecule has 3 aromatic rings. The Morgan fingerprint density at radius 3 is 2.25 bits per heavy atom. The van der Waals surface area contributed by atoms with Crippen LogP contribution in [0.25, 0.3) is 0 Å². The van der Waals surface area contributed by atoms with Gasteiger partial charge in [-0.25, -0.2) is 9.79 Å². The number of aliphatic imine (C=N–C) groups is 1. The predicted molar refractivity (Wildman–Crippen MR) is 95.7 cm³/mol. The van der Waals surface area contributed by atoms with Crippen LogP contribution in [0.15, 0.2) is 87.6 Å². The summed E-state index contributed by atoms with van der Waals surface area (Å²) >= 11 is 1.70. The average Bonchev–Trinajstić information content (AvgIpc) is 2.78. The molecule has 3 nitrogen and oxygen atoms in total. The third-order valence-corrected chi connectivity index (χ3v) is 5.01. The Labute approximate surface area is 143 Å². The van der Waals surface area contributed by atoms with Gasteiger partial charge in [-0.05, 0) is 30.3 Å².